The van der Waals surface area contributed by atoms with E-state index in [0.717, 1.165) is 38.3 Å². The monoisotopic (exact) mass is 493 g/mol. The Hall–Kier alpha value is -2.77. The number of nitrogens with zero attached hydrogens (tertiary/aromatic N) is 4. The number of carbonyl (C=O) groups is 2. The Morgan fingerprint density at radius 2 is 1.75 bits per heavy atom. The van der Waals surface area contributed by atoms with Gasteiger partial charge in [0.25, 0.3) is 11.9 Å². The number of hydrogen-bond acceptors (Lipinski definition) is 5. The number of hydrogen-bond donors (Lipinski definition) is 1. The van der Waals surface area contributed by atoms with Crippen LogP contribution >= 0.6 is 0 Å². The van der Waals surface area contributed by atoms with Crippen LogP contribution in [-0.4, -0.2) is 71.0 Å². The van der Waals surface area contributed by atoms with Crippen LogP contribution in [0.1, 0.15) is 69.7 Å². The Morgan fingerprint density at radius 3 is 2.47 bits per heavy atom. The molecule has 3 heterocycles. The minimum Gasteiger partial charge on any atom is -0.423 e. The average molecular weight is 494 g/mol. The molecular weight excluding hydrogens is 454 g/mol. The van der Waals surface area contributed by atoms with Gasteiger partial charge in [-0.1, -0.05) is 25.8 Å². The highest BCUT2D eigenvalue weighted by molar-refractivity contribution is 6.04. The molecule has 4 unspecified atom stereocenters. The highest BCUT2D eigenvalue weighted by atomic mass is 16.4. The molecule has 2 saturated heterocycles. The number of rotatable bonds is 3. The number of likely N-dealkylation sites (tertiary alicyclic amines) is 1. The van der Waals surface area contributed by atoms with E-state index in [1.54, 1.807) is 0 Å². The molecular formula is C28H39N5O3. The van der Waals surface area contributed by atoms with Crippen LogP contribution < -0.4 is 10.2 Å². The first-order valence-corrected chi connectivity index (χ1v) is 13.9. The van der Waals surface area contributed by atoms with E-state index in [4.69, 9.17) is 9.40 Å². The summed E-state index contributed by atoms with van der Waals surface area (Å²) in [6.07, 6.45) is 7.06. The van der Waals surface area contributed by atoms with Gasteiger partial charge in [0.1, 0.15) is 5.52 Å². The van der Waals surface area contributed by atoms with E-state index in [9.17, 15) is 9.59 Å². The topological polar surface area (TPSA) is 81.9 Å². The third-order valence-corrected chi connectivity index (χ3v) is 9.36. The normalized spacial score (nSPS) is 32.4. The molecule has 2 aliphatic carbocycles. The average Bonchev–Trinajstić information content (AvgIpc) is 3.56. The number of anilines is 1. The van der Waals surface area contributed by atoms with Gasteiger partial charge in [-0.3, -0.25) is 4.79 Å². The molecule has 6 rings (SSSR count). The van der Waals surface area contributed by atoms with Crippen molar-refractivity contribution in [3.8, 4) is 0 Å². The predicted octanol–water partition coefficient (Wildman–Crippen LogP) is 4.50. The summed E-state index contributed by atoms with van der Waals surface area (Å²) in [5, 5.41) is 3.36. The largest absolute Gasteiger partial charge is 0.423 e. The Bertz CT molecular complexity index is 1130. The molecule has 1 aromatic carbocycles. The van der Waals surface area contributed by atoms with Gasteiger partial charge in [0.2, 0.25) is 0 Å². The van der Waals surface area contributed by atoms with E-state index < -0.39 is 0 Å². The number of fused-ring (bicyclic) bond motifs is 3. The molecule has 3 amide bonds. The molecule has 2 aromatic rings. The molecule has 8 heteroatoms. The summed E-state index contributed by atoms with van der Waals surface area (Å²) in [5.41, 5.74) is 1.83. The lowest BCUT2D eigenvalue weighted by molar-refractivity contribution is 0.0924. The van der Waals surface area contributed by atoms with Crippen molar-refractivity contribution >= 4 is 29.1 Å². The van der Waals surface area contributed by atoms with Crippen molar-refractivity contribution in [1.82, 2.24) is 20.1 Å². The summed E-state index contributed by atoms with van der Waals surface area (Å²) in [5.74, 6) is 1.97. The van der Waals surface area contributed by atoms with Crippen LogP contribution in [0.2, 0.25) is 0 Å². The van der Waals surface area contributed by atoms with Gasteiger partial charge in [0, 0.05) is 44.3 Å². The molecule has 0 spiro atoms. The zero-order chi connectivity index (χ0) is 25.0. The van der Waals surface area contributed by atoms with Crippen LogP contribution in [0, 0.1) is 17.8 Å². The van der Waals surface area contributed by atoms with Gasteiger partial charge in [-0.15, -0.1) is 0 Å². The Morgan fingerprint density at radius 1 is 1.00 bits per heavy atom. The SMILES string of the molecule is CC1C2CCCC1C(NC(=O)c1cccc3oc(N4[C@@H](C)CN(C(=O)N5CCCC5)C[C@@H]4C)nc13)C2. The van der Waals surface area contributed by atoms with Crippen molar-refractivity contribution in [2.45, 2.75) is 77.4 Å². The molecule has 2 aliphatic heterocycles. The Kier molecular flexibility index (Phi) is 6.08. The summed E-state index contributed by atoms with van der Waals surface area (Å²) in [7, 11) is 0. The van der Waals surface area contributed by atoms with E-state index >= 15 is 0 Å². The number of benzene rings is 1. The first-order chi connectivity index (χ1) is 17.4. The molecule has 2 saturated carbocycles. The predicted molar refractivity (Wildman–Crippen MR) is 139 cm³/mol. The van der Waals surface area contributed by atoms with Gasteiger partial charge in [0.05, 0.1) is 5.56 Å². The number of aromatic nitrogens is 1. The van der Waals surface area contributed by atoms with Gasteiger partial charge in [0.15, 0.2) is 5.58 Å². The third kappa shape index (κ3) is 4.02. The standard InChI is InChI=1S/C28H39N5O3/c1-17-15-32(28(35)31-12-4-5-13-31)16-18(2)33(17)27-30-25-22(10-7-11-24(25)36-27)26(34)29-23-14-20-8-6-9-21(23)19(20)3/h7,10-11,17-21,23H,4-6,8-9,12-16H2,1-3H3,(H,29,34)/t17-,18-,19?,20?,21?,23?/m0/s1. The maximum atomic E-state index is 13.4. The third-order valence-electron chi connectivity index (χ3n) is 9.36. The number of oxazole rings is 1. The lowest BCUT2D eigenvalue weighted by Gasteiger charge is -2.44. The van der Waals surface area contributed by atoms with E-state index in [-0.39, 0.29) is 30.1 Å². The van der Waals surface area contributed by atoms with Crippen LogP contribution in [0.25, 0.3) is 11.1 Å². The Labute approximate surface area is 213 Å². The molecule has 36 heavy (non-hydrogen) atoms. The first kappa shape index (κ1) is 23.6. The molecule has 1 N–H and O–H groups in total. The fraction of sp³-hybridized carbons (Fsp3) is 0.679. The highest BCUT2D eigenvalue weighted by Gasteiger charge is 2.43. The zero-order valence-corrected chi connectivity index (χ0v) is 21.8. The smallest absolute Gasteiger partial charge is 0.320 e. The second-order valence-corrected chi connectivity index (χ2v) is 11.7. The molecule has 2 bridgehead atoms. The van der Waals surface area contributed by atoms with E-state index in [1.165, 1.54) is 19.3 Å². The number of amides is 3. The molecule has 6 atom stereocenters. The molecule has 0 radical (unpaired) electrons. The summed E-state index contributed by atoms with van der Waals surface area (Å²) < 4.78 is 6.21. The minimum absolute atomic E-state index is 0.0488. The van der Waals surface area contributed by atoms with Crippen LogP contribution in [-0.2, 0) is 0 Å². The van der Waals surface area contributed by atoms with Crippen LogP contribution in [0.4, 0.5) is 10.8 Å². The summed E-state index contributed by atoms with van der Waals surface area (Å²) in [4.78, 5) is 37.3. The highest BCUT2D eigenvalue weighted by Crippen LogP contribution is 2.46. The fourth-order valence-corrected chi connectivity index (χ4v) is 7.50. The number of carbonyl (C=O) groups excluding carboxylic acids is 2. The summed E-state index contributed by atoms with van der Waals surface area (Å²) >= 11 is 0. The van der Waals surface area contributed by atoms with Gasteiger partial charge >= 0.3 is 6.03 Å². The quantitative estimate of drug-likeness (QED) is 0.681. The van der Waals surface area contributed by atoms with Crippen molar-refractivity contribution in [3.05, 3.63) is 23.8 Å². The van der Waals surface area contributed by atoms with Crippen molar-refractivity contribution < 1.29 is 14.0 Å². The maximum absolute atomic E-state index is 13.4. The van der Waals surface area contributed by atoms with Gasteiger partial charge in [-0.05, 0) is 69.4 Å². The van der Waals surface area contributed by atoms with Gasteiger partial charge in [-0.25, -0.2) is 4.79 Å². The number of urea groups is 1. The van der Waals surface area contributed by atoms with Gasteiger partial charge in [-0.2, -0.15) is 4.98 Å². The number of piperazine rings is 1. The first-order valence-electron chi connectivity index (χ1n) is 13.9. The van der Waals surface area contributed by atoms with Crippen molar-refractivity contribution in [1.29, 1.82) is 0 Å². The van der Waals surface area contributed by atoms with Crippen molar-refractivity contribution in [3.63, 3.8) is 0 Å². The molecule has 1 aromatic heterocycles. The lowest BCUT2D eigenvalue weighted by atomic mass is 9.79. The minimum atomic E-state index is -0.0488. The Balaban J connectivity index is 1.20. The van der Waals surface area contributed by atoms with Crippen molar-refractivity contribution in [2.24, 2.45) is 17.8 Å². The lowest BCUT2D eigenvalue weighted by Crippen LogP contribution is -2.60. The van der Waals surface area contributed by atoms with E-state index in [2.05, 4.69) is 31.0 Å². The summed E-state index contributed by atoms with van der Waals surface area (Å²) in [6, 6.07) is 6.67. The van der Waals surface area contributed by atoms with E-state index in [1.807, 2.05) is 28.0 Å². The van der Waals surface area contributed by atoms with E-state index in [0.29, 0.717) is 47.6 Å². The zero-order valence-electron chi connectivity index (χ0n) is 21.8. The molecule has 8 nitrogen and oxygen atoms in total. The second kappa shape index (κ2) is 9.27. The van der Waals surface area contributed by atoms with Crippen LogP contribution in [0.15, 0.2) is 22.6 Å². The number of para-hydroxylation sites is 1. The molecule has 4 aliphatic rings. The van der Waals surface area contributed by atoms with Crippen LogP contribution in [0.3, 0.4) is 0 Å². The maximum Gasteiger partial charge on any atom is 0.320 e. The van der Waals surface area contributed by atoms with Crippen LogP contribution in [0.5, 0.6) is 0 Å². The molecule has 194 valence electrons. The number of nitrogens with one attached hydrogen (secondary N) is 1. The fourth-order valence-electron chi connectivity index (χ4n) is 7.50. The summed E-state index contributed by atoms with van der Waals surface area (Å²) in [6.45, 7) is 9.57. The second-order valence-electron chi connectivity index (χ2n) is 11.7. The molecule has 4 fully saturated rings. The van der Waals surface area contributed by atoms with Crippen molar-refractivity contribution in [2.75, 3.05) is 31.1 Å². The van der Waals surface area contributed by atoms with Gasteiger partial charge < -0.3 is 24.4 Å².